The van der Waals surface area contributed by atoms with Crippen LogP contribution < -0.4 is 0 Å². The monoisotopic (exact) mass is 311 g/mol. The summed E-state index contributed by atoms with van der Waals surface area (Å²) in [4.78, 5) is 0. The van der Waals surface area contributed by atoms with Gasteiger partial charge in [-0.05, 0) is 53.7 Å². The SMILES string of the molecule is C=C(/C=C\C(=C/C)n1c(C)c2c(C)nnc(C)c2c1C)OCC. The van der Waals surface area contributed by atoms with E-state index in [0.717, 1.165) is 17.1 Å². The molecule has 23 heavy (non-hydrogen) atoms. The summed E-state index contributed by atoms with van der Waals surface area (Å²) in [5.41, 5.74) is 5.35. The number of allylic oxidation sites excluding steroid dienone is 4. The Balaban J connectivity index is 2.61. The van der Waals surface area contributed by atoms with Crippen molar-refractivity contribution in [2.45, 2.75) is 41.5 Å². The maximum atomic E-state index is 5.39. The first-order valence-electron chi connectivity index (χ1n) is 7.90. The van der Waals surface area contributed by atoms with Gasteiger partial charge in [-0.3, -0.25) is 0 Å². The number of rotatable bonds is 5. The van der Waals surface area contributed by atoms with Gasteiger partial charge in [0.15, 0.2) is 0 Å². The number of nitrogens with zero attached hydrogens (tertiary/aromatic N) is 3. The van der Waals surface area contributed by atoms with E-state index in [4.69, 9.17) is 4.74 Å². The largest absolute Gasteiger partial charge is 0.495 e. The van der Waals surface area contributed by atoms with E-state index in [1.807, 2.05) is 39.8 Å². The van der Waals surface area contributed by atoms with Crippen LogP contribution in [0.1, 0.15) is 36.6 Å². The van der Waals surface area contributed by atoms with Crippen LogP contribution in [-0.2, 0) is 4.74 Å². The first-order valence-corrected chi connectivity index (χ1v) is 7.90. The van der Waals surface area contributed by atoms with Crippen molar-refractivity contribution >= 4 is 16.5 Å². The van der Waals surface area contributed by atoms with Gasteiger partial charge in [0.25, 0.3) is 0 Å². The molecule has 0 saturated heterocycles. The molecule has 2 rings (SSSR count). The molecule has 0 aliphatic carbocycles. The molecule has 2 aromatic rings. The first kappa shape index (κ1) is 17.0. The average molecular weight is 311 g/mol. The highest BCUT2D eigenvalue weighted by atomic mass is 16.5. The molecule has 2 heterocycles. The van der Waals surface area contributed by atoms with Crippen LogP contribution >= 0.6 is 0 Å². The van der Waals surface area contributed by atoms with E-state index >= 15 is 0 Å². The van der Waals surface area contributed by atoms with Crippen molar-refractivity contribution in [2.24, 2.45) is 0 Å². The van der Waals surface area contributed by atoms with Gasteiger partial charge in [-0.1, -0.05) is 12.7 Å². The topological polar surface area (TPSA) is 39.9 Å². The lowest BCUT2D eigenvalue weighted by Gasteiger charge is -2.11. The summed E-state index contributed by atoms with van der Waals surface area (Å²) in [5.74, 6) is 0.662. The fourth-order valence-corrected chi connectivity index (χ4v) is 3.07. The molecule has 4 nitrogen and oxygen atoms in total. The molecule has 4 heteroatoms. The molecule has 0 aromatic carbocycles. The molecule has 0 N–H and O–H groups in total. The van der Waals surface area contributed by atoms with Crippen LogP contribution in [0.25, 0.3) is 16.5 Å². The van der Waals surface area contributed by atoms with Crippen LogP contribution in [0.5, 0.6) is 0 Å². The maximum Gasteiger partial charge on any atom is 0.112 e. The molecule has 0 saturated carbocycles. The van der Waals surface area contributed by atoms with Crippen LogP contribution in [0, 0.1) is 27.7 Å². The van der Waals surface area contributed by atoms with E-state index in [2.05, 4.69) is 41.3 Å². The van der Waals surface area contributed by atoms with E-state index in [1.165, 1.54) is 22.2 Å². The maximum absolute atomic E-state index is 5.39. The quantitative estimate of drug-likeness (QED) is 0.597. The molecule has 0 radical (unpaired) electrons. The fraction of sp³-hybridized carbons (Fsp3) is 0.368. The smallest absolute Gasteiger partial charge is 0.112 e. The van der Waals surface area contributed by atoms with Gasteiger partial charge in [-0.25, -0.2) is 0 Å². The second kappa shape index (κ2) is 6.82. The minimum atomic E-state index is 0.621. The summed E-state index contributed by atoms with van der Waals surface area (Å²) in [6.45, 7) is 16.8. The highest BCUT2D eigenvalue weighted by Crippen LogP contribution is 2.31. The van der Waals surface area contributed by atoms with Crippen molar-refractivity contribution in [2.75, 3.05) is 6.61 Å². The van der Waals surface area contributed by atoms with E-state index in [1.54, 1.807) is 0 Å². The average Bonchev–Trinajstić information content (AvgIpc) is 2.78. The Morgan fingerprint density at radius 1 is 1.04 bits per heavy atom. The lowest BCUT2D eigenvalue weighted by Crippen LogP contribution is -2.00. The van der Waals surface area contributed by atoms with Crippen molar-refractivity contribution < 1.29 is 4.74 Å². The van der Waals surface area contributed by atoms with Crippen LogP contribution in [0.3, 0.4) is 0 Å². The number of hydrogen-bond donors (Lipinski definition) is 0. The lowest BCUT2D eigenvalue weighted by molar-refractivity contribution is 0.244. The van der Waals surface area contributed by atoms with Crippen molar-refractivity contribution in [3.63, 3.8) is 0 Å². The number of ether oxygens (including phenoxy) is 1. The van der Waals surface area contributed by atoms with E-state index in [-0.39, 0.29) is 0 Å². The summed E-state index contributed by atoms with van der Waals surface area (Å²) in [6.07, 6.45) is 6.02. The van der Waals surface area contributed by atoms with Gasteiger partial charge in [0, 0.05) is 27.9 Å². The minimum Gasteiger partial charge on any atom is -0.495 e. The van der Waals surface area contributed by atoms with Gasteiger partial charge in [-0.2, -0.15) is 10.2 Å². The minimum absolute atomic E-state index is 0.621. The molecule has 122 valence electrons. The number of aromatic nitrogens is 3. The third kappa shape index (κ3) is 3.07. The number of fused-ring (bicyclic) bond motifs is 1. The summed E-state index contributed by atoms with van der Waals surface area (Å²) in [7, 11) is 0. The Morgan fingerprint density at radius 3 is 2.00 bits per heavy atom. The predicted octanol–water partition coefficient (Wildman–Crippen LogP) is 4.63. The Hall–Kier alpha value is -2.36. The first-order chi connectivity index (χ1) is 10.9. The zero-order chi connectivity index (χ0) is 17.1. The van der Waals surface area contributed by atoms with Gasteiger partial charge in [0.05, 0.1) is 18.0 Å². The summed E-state index contributed by atoms with van der Waals surface area (Å²) >= 11 is 0. The third-order valence-electron chi connectivity index (χ3n) is 4.04. The van der Waals surface area contributed by atoms with Crippen molar-refractivity contribution in [3.8, 4) is 0 Å². The van der Waals surface area contributed by atoms with Crippen molar-refractivity contribution in [3.05, 3.63) is 53.3 Å². The zero-order valence-corrected chi connectivity index (χ0v) is 14.9. The third-order valence-corrected chi connectivity index (χ3v) is 4.04. The fourth-order valence-electron chi connectivity index (χ4n) is 3.07. The van der Waals surface area contributed by atoms with E-state index in [0.29, 0.717) is 12.4 Å². The van der Waals surface area contributed by atoms with E-state index < -0.39 is 0 Å². The Kier molecular flexibility index (Phi) is 5.04. The lowest BCUT2D eigenvalue weighted by atomic mass is 10.1. The Labute approximate surface area is 138 Å². The molecule has 0 aliphatic heterocycles. The van der Waals surface area contributed by atoms with Crippen molar-refractivity contribution in [1.29, 1.82) is 0 Å². The van der Waals surface area contributed by atoms with Gasteiger partial charge in [0.2, 0.25) is 0 Å². The highest BCUT2D eigenvalue weighted by Gasteiger charge is 2.17. The second-order valence-corrected chi connectivity index (χ2v) is 5.57. The van der Waals surface area contributed by atoms with Crippen LogP contribution in [0.4, 0.5) is 0 Å². The molecule has 0 atom stereocenters. The molecular weight excluding hydrogens is 286 g/mol. The Morgan fingerprint density at radius 2 is 1.57 bits per heavy atom. The molecule has 0 amide bonds. The molecule has 0 aliphatic rings. The van der Waals surface area contributed by atoms with E-state index in [9.17, 15) is 0 Å². The van der Waals surface area contributed by atoms with Crippen LogP contribution in [0.15, 0.2) is 30.6 Å². The molecule has 2 aromatic heterocycles. The number of aryl methyl sites for hydroxylation is 4. The predicted molar refractivity (Wildman–Crippen MR) is 96.3 cm³/mol. The molecule has 0 spiro atoms. The highest BCUT2D eigenvalue weighted by molar-refractivity contribution is 5.93. The standard InChI is InChI=1S/C19H25N3O/c1-8-17(11-10-12(3)23-9-2)22-15(6)18-13(4)20-21-14(5)19(18)16(22)7/h8,10-11H,3,9H2,1-2,4-7H3/b11-10-,17-8+. The number of hydrogen-bond acceptors (Lipinski definition) is 3. The zero-order valence-electron chi connectivity index (χ0n) is 14.9. The summed E-state index contributed by atoms with van der Waals surface area (Å²) in [6, 6.07) is 0. The van der Waals surface area contributed by atoms with Crippen LogP contribution in [0.2, 0.25) is 0 Å². The van der Waals surface area contributed by atoms with Gasteiger partial charge >= 0.3 is 0 Å². The molecular formula is C19H25N3O. The van der Waals surface area contributed by atoms with Gasteiger partial charge < -0.3 is 9.30 Å². The Bertz CT molecular complexity index is 765. The molecule has 0 bridgehead atoms. The van der Waals surface area contributed by atoms with Crippen LogP contribution in [-0.4, -0.2) is 21.4 Å². The summed E-state index contributed by atoms with van der Waals surface area (Å²) < 4.78 is 7.63. The second-order valence-electron chi connectivity index (χ2n) is 5.57. The van der Waals surface area contributed by atoms with Crippen molar-refractivity contribution in [1.82, 2.24) is 14.8 Å². The normalized spacial score (nSPS) is 12.3. The molecule has 0 fully saturated rings. The van der Waals surface area contributed by atoms with Gasteiger partial charge in [0.1, 0.15) is 5.76 Å². The van der Waals surface area contributed by atoms with Gasteiger partial charge in [-0.15, -0.1) is 0 Å². The summed E-state index contributed by atoms with van der Waals surface area (Å²) in [5, 5.41) is 10.9. The molecule has 0 unspecified atom stereocenters.